The molecular weight excluding hydrogens is 216 g/mol. The zero-order valence-electron chi connectivity index (χ0n) is 8.86. The van der Waals surface area contributed by atoms with Gasteiger partial charge in [0.25, 0.3) is 6.43 Å². The predicted molar refractivity (Wildman–Crippen MR) is 54.1 cm³/mol. The second kappa shape index (κ2) is 4.19. The molecule has 0 spiro atoms. The van der Waals surface area contributed by atoms with Gasteiger partial charge in [-0.25, -0.2) is 8.78 Å². The van der Waals surface area contributed by atoms with E-state index >= 15 is 0 Å². The summed E-state index contributed by atoms with van der Waals surface area (Å²) in [5, 5.41) is 6.39. The summed E-state index contributed by atoms with van der Waals surface area (Å²) < 4.78 is 25.2. The van der Waals surface area contributed by atoms with Crippen molar-refractivity contribution < 1.29 is 13.6 Å². The zero-order chi connectivity index (χ0) is 11.7. The van der Waals surface area contributed by atoms with Crippen LogP contribution in [0.4, 0.5) is 14.5 Å². The molecule has 0 bridgehead atoms. The molecule has 1 aromatic rings. The maximum absolute atomic E-state index is 12.0. The SMILES string of the molecule is CC1CC1C(=O)Nc1cnn(CC(F)F)c1. The molecule has 2 unspecified atom stereocenters. The van der Waals surface area contributed by atoms with Crippen LogP contribution in [0, 0.1) is 11.8 Å². The van der Waals surface area contributed by atoms with Gasteiger partial charge in [0.1, 0.15) is 6.54 Å². The van der Waals surface area contributed by atoms with Crippen LogP contribution in [0.25, 0.3) is 0 Å². The van der Waals surface area contributed by atoms with Crippen LogP contribution in [0.1, 0.15) is 13.3 Å². The summed E-state index contributed by atoms with van der Waals surface area (Å²) in [6, 6.07) is 0. The van der Waals surface area contributed by atoms with E-state index in [1.807, 2.05) is 6.92 Å². The van der Waals surface area contributed by atoms with Crippen LogP contribution in [0.2, 0.25) is 0 Å². The van der Waals surface area contributed by atoms with E-state index in [1.54, 1.807) is 0 Å². The Morgan fingerprint density at radius 1 is 1.75 bits per heavy atom. The number of nitrogens with zero attached hydrogens (tertiary/aromatic N) is 2. The Morgan fingerprint density at radius 2 is 2.44 bits per heavy atom. The summed E-state index contributed by atoms with van der Waals surface area (Å²) in [7, 11) is 0. The number of carbonyl (C=O) groups is 1. The van der Waals surface area contributed by atoms with Crippen LogP contribution in [0.15, 0.2) is 12.4 Å². The lowest BCUT2D eigenvalue weighted by molar-refractivity contribution is -0.117. The van der Waals surface area contributed by atoms with E-state index in [0.29, 0.717) is 11.6 Å². The Morgan fingerprint density at radius 3 is 3.00 bits per heavy atom. The topological polar surface area (TPSA) is 46.9 Å². The van der Waals surface area contributed by atoms with Crippen LogP contribution >= 0.6 is 0 Å². The van der Waals surface area contributed by atoms with Crippen molar-refractivity contribution >= 4 is 11.6 Å². The molecule has 1 saturated carbocycles. The molecule has 0 aliphatic heterocycles. The maximum atomic E-state index is 12.0. The van der Waals surface area contributed by atoms with Crippen LogP contribution in [0.5, 0.6) is 0 Å². The first-order valence-corrected chi connectivity index (χ1v) is 5.17. The van der Waals surface area contributed by atoms with Crippen molar-refractivity contribution in [2.45, 2.75) is 26.3 Å². The van der Waals surface area contributed by atoms with E-state index in [9.17, 15) is 13.6 Å². The van der Waals surface area contributed by atoms with Crippen molar-refractivity contribution in [1.29, 1.82) is 0 Å². The molecule has 16 heavy (non-hydrogen) atoms. The number of aromatic nitrogens is 2. The zero-order valence-corrected chi connectivity index (χ0v) is 8.86. The summed E-state index contributed by atoms with van der Waals surface area (Å²) in [4.78, 5) is 11.5. The first-order valence-electron chi connectivity index (χ1n) is 5.17. The summed E-state index contributed by atoms with van der Waals surface area (Å²) in [6.07, 6.45) is 1.26. The van der Waals surface area contributed by atoms with Gasteiger partial charge in [-0.1, -0.05) is 6.92 Å². The molecule has 6 heteroatoms. The summed E-state index contributed by atoms with van der Waals surface area (Å²) >= 11 is 0. The molecule has 4 nitrogen and oxygen atoms in total. The minimum absolute atomic E-state index is 0.0518. The van der Waals surface area contributed by atoms with Crippen LogP contribution in [0.3, 0.4) is 0 Å². The molecule has 1 fully saturated rings. The van der Waals surface area contributed by atoms with Crippen LogP contribution < -0.4 is 5.32 Å². The van der Waals surface area contributed by atoms with E-state index in [4.69, 9.17) is 0 Å². The van der Waals surface area contributed by atoms with Crippen LogP contribution in [-0.2, 0) is 11.3 Å². The van der Waals surface area contributed by atoms with E-state index in [1.165, 1.54) is 12.4 Å². The highest BCUT2D eigenvalue weighted by Crippen LogP contribution is 2.38. The molecule has 2 atom stereocenters. The third kappa shape index (κ3) is 2.56. The molecule has 1 amide bonds. The molecule has 1 heterocycles. The number of rotatable bonds is 4. The molecule has 0 saturated heterocycles. The Balaban J connectivity index is 1.89. The van der Waals surface area contributed by atoms with Gasteiger partial charge in [-0.05, 0) is 12.3 Å². The standard InChI is InChI=1S/C10H13F2N3O/c1-6-2-8(6)10(16)14-7-3-13-15(4-7)5-9(11)12/h3-4,6,8-9H,2,5H2,1H3,(H,14,16). The van der Waals surface area contributed by atoms with Gasteiger partial charge in [0.05, 0.1) is 11.9 Å². The van der Waals surface area contributed by atoms with Gasteiger partial charge in [-0.15, -0.1) is 0 Å². The van der Waals surface area contributed by atoms with E-state index < -0.39 is 13.0 Å². The normalized spacial score (nSPS) is 23.5. The van der Waals surface area contributed by atoms with Crippen LogP contribution in [-0.4, -0.2) is 22.1 Å². The fourth-order valence-electron chi connectivity index (χ4n) is 1.59. The minimum atomic E-state index is -2.44. The highest BCUT2D eigenvalue weighted by Gasteiger charge is 2.39. The largest absolute Gasteiger partial charge is 0.323 e. The molecule has 1 N–H and O–H groups in total. The molecule has 88 valence electrons. The second-order valence-corrected chi connectivity index (χ2v) is 4.15. The number of nitrogens with one attached hydrogen (secondary N) is 1. The predicted octanol–water partition coefficient (Wildman–Crippen LogP) is 1.74. The second-order valence-electron chi connectivity index (χ2n) is 4.15. The number of anilines is 1. The average molecular weight is 229 g/mol. The number of hydrogen-bond donors (Lipinski definition) is 1. The third-order valence-electron chi connectivity index (χ3n) is 2.67. The Hall–Kier alpha value is -1.46. The molecule has 2 rings (SSSR count). The lowest BCUT2D eigenvalue weighted by Gasteiger charge is -2.00. The Kier molecular flexibility index (Phi) is 2.89. The first kappa shape index (κ1) is 11.0. The molecule has 0 radical (unpaired) electrons. The molecule has 1 aliphatic rings. The van der Waals surface area contributed by atoms with E-state index in [2.05, 4.69) is 10.4 Å². The quantitative estimate of drug-likeness (QED) is 0.854. The van der Waals surface area contributed by atoms with Gasteiger partial charge >= 0.3 is 0 Å². The van der Waals surface area contributed by atoms with Gasteiger partial charge in [0.2, 0.25) is 5.91 Å². The number of hydrogen-bond acceptors (Lipinski definition) is 2. The molecule has 1 aliphatic carbocycles. The van der Waals surface area contributed by atoms with Gasteiger partial charge in [-0.3, -0.25) is 9.48 Å². The Labute approximate surface area is 91.6 Å². The fraction of sp³-hybridized carbons (Fsp3) is 0.600. The highest BCUT2D eigenvalue weighted by atomic mass is 19.3. The third-order valence-corrected chi connectivity index (χ3v) is 2.67. The number of carbonyl (C=O) groups excluding carboxylic acids is 1. The van der Waals surface area contributed by atoms with Gasteiger partial charge in [0.15, 0.2) is 0 Å². The van der Waals surface area contributed by atoms with Crippen molar-refractivity contribution in [3.63, 3.8) is 0 Å². The fourth-order valence-corrected chi connectivity index (χ4v) is 1.59. The number of amides is 1. The Bertz CT molecular complexity index is 391. The van der Waals surface area contributed by atoms with Gasteiger partial charge in [0, 0.05) is 12.1 Å². The number of halogens is 2. The van der Waals surface area contributed by atoms with Crippen molar-refractivity contribution in [3.05, 3.63) is 12.4 Å². The molecule has 0 aromatic carbocycles. The van der Waals surface area contributed by atoms with Gasteiger partial charge < -0.3 is 5.32 Å². The molecule has 1 aromatic heterocycles. The lowest BCUT2D eigenvalue weighted by Crippen LogP contribution is -2.14. The first-order chi connectivity index (χ1) is 7.56. The smallest absolute Gasteiger partial charge is 0.257 e. The van der Waals surface area contributed by atoms with E-state index in [-0.39, 0.29) is 11.8 Å². The van der Waals surface area contributed by atoms with Gasteiger partial charge in [-0.2, -0.15) is 5.10 Å². The number of alkyl halides is 2. The maximum Gasteiger partial charge on any atom is 0.257 e. The van der Waals surface area contributed by atoms with Crippen molar-refractivity contribution in [2.75, 3.05) is 5.32 Å². The summed E-state index contributed by atoms with van der Waals surface area (Å²) in [5.74, 6) is 0.443. The minimum Gasteiger partial charge on any atom is -0.323 e. The lowest BCUT2D eigenvalue weighted by atomic mass is 10.3. The monoisotopic (exact) mass is 229 g/mol. The van der Waals surface area contributed by atoms with Crippen molar-refractivity contribution in [1.82, 2.24) is 9.78 Å². The summed E-state index contributed by atoms with van der Waals surface area (Å²) in [5.41, 5.74) is 0.477. The average Bonchev–Trinajstić information content (AvgIpc) is 2.76. The van der Waals surface area contributed by atoms with Crippen molar-refractivity contribution in [2.24, 2.45) is 11.8 Å². The van der Waals surface area contributed by atoms with Crippen molar-refractivity contribution in [3.8, 4) is 0 Å². The van der Waals surface area contributed by atoms with E-state index in [0.717, 1.165) is 11.1 Å². The highest BCUT2D eigenvalue weighted by molar-refractivity contribution is 5.94. The molecular formula is C10H13F2N3O. The summed E-state index contributed by atoms with van der Waals surface area (Å²) in [6.45, 7) is 1.56.